The van der Waals surface area contributed by atoms with E-state index in [1.165, 1.54) is 6.92 Å². The van der Waals surface area contributed by atoms with Gasteiger partial charge in [0.15, 0.2) is 5.96 Å². The summed E-state index contributed by atoms with van der Waals surface area (Å²) in [5.41, 5.74) is 21.4. The first-order chi connectivity index (χ1) is 15.7. The van der Waals surface area contributed by atoms with Gasteiger partial charge in [-0.2, -0.15) is 0 Å². The number of carbonyl (C=O) groups excluding carboxylic acids is 4. The molecular formula is C20H38N8O6. The van der Waals surface area contributed by atoms with Gasteiger partial charge in [0.25, 0.3) is 0 Å². The van der Waals surface area contributed by atoms with Crippen LogP contribution >= 0.6 is 0 Å². The lowest BCUT2D eigenvalue weighted by Gasteiger charge is -2.24. The van der Waals surface area contributed by atoms with Gasteiger partial charge >= 0.3 is 5.97 Å². The number of aliphatic carboxylic acids is 1. The van der Waals surface area contributed by atoms with Crippen molar-refractivity contribution in [1.82, 2.24) is 16.0 Å². The normalized spacial score (nSPS) is 14.3. The summed E-state index contributed by atoms with van der Waals surface area (Å²) in [6, 6.07) is -4.38. The van der Waals surface area contributed by atoms with E-state index >= 15 is 0 Å². The predicted molar refractivity (Wildman–Crippen MR) is 125 cm³/mol. The number of hydrogen-bond donors (Lipinski definition) is 8. The molecule has 194 valence electrons. The number of nitrogens with zero attached hydrogens (tertiary/aromatic N) is 1. The van der Waals surface area contributed by atoms with Crippen LogP contribution in [0.1, 0.15) is 52.9 Å². The van der Waals surface area contributed by atoms with Crippen molar-refractivity contribution < 1.29 is 29.1 Å². The molecule has 4 amide bonds. The second-order valence-corrected chi connectivity index (χ2v) is 8.38. The fourth-order valence-electron chi connectivity index (χ4n) is 2.85. The summed E-state index contributed by atoms with van der Waals surface area (Å²) >= 11 is 0. The maximum absolute atomic E-state index is 12.7. The van der Waals surface area contributed by atoms with E-state index < -0.39 is 53.8 Å². The topological polar surface area (TPSA) is 258 Å². The van der Waals surface area contributed by atoms with E-state index in [2.05, 4.69) is 20.9 Å². The average Bonchev–Trinajstić information content (AvgIpc) is 2.72. The molecule has 0 rings (SSSR count). The minimum atomic E-state index is -1.23. The zero-order valence-corrected chi connectivity index (χ0v) is 19.9. The van der Waals surface area contributed by atoms with Crippen LogP contribution in [-0.4, -0.2) is 71.4 Å². The Morgan fingerprint density at radius 3 is 1.94 bits per heavy atom. The van der Waals surface area contributed by atoms with Gasteiger partial charge < -0.3 is 44.0 Å². The smallest absolute Gasteiger partial charge is 0.326 e. The Bertz CT molecular complexity index is 753. The first-order valence-corrected chi connectivity index (χ1v) is 11.0. The summed E-state index contributed by atoms with van der Waals surface area (Å²) in [6.07, 6.45) is 0.523. The molecule has 4 unspecified atom stereocenters. The third-order valence-electron chi connectivity index (χ3n) is 4.69. The number of nitrogens with two attached hydrogens (primary N) is 4. The molecular weight excluding hydrogens is 448 g/mol. The molecule has 0 fully saturated rings. The number of nitrogens with one attached hydrogen (secondary N) is 3. The molecule has 0 aromatic heterocycles. The van der Waals surface area contributed by atoms with E-state index in [1.807, 2.05) is 0 Å². The highest BCUT2D eigenvalue weighted by Gasteiger charge is 2.29. The molecule has 0 aromatic carbocycles. The lowest BCUT2D eigenvalue weighted by Crippen LogP contribution is -2.56. The fourth-order valence-corrected chi connectivity index (χ4v) is 2.85. The number of carboxylic acids is 1. The van der Waals surface area contributed by atoms with Gasteiger partial charge in [-0.3, -0.25) is 24.2 Å². The Labute approximate surface area is 198 Å². The SMILES string of the molecule is CC(C)CC(NC(=O)C(CCC(N)=O)NC(=O)C(C)NC(=O)C(N)CCCN=C(N)N)C(=O)O. The van der Waals surface area contributed by atoms with Crippen molar-refractivity contribution >= 4 is 35.6 Å². The first-order valence-electron chi connectivity index (χ1n) is 11.0. The van der Waals surface area contributed by atoms with Crippen molar-refractivity contribution in [3.8, 4) is 0 Å². The van der Waals surface area contributed by atoms with E-state index in [-0.39, 0.29) is 37.6 Å². The number of guanidine groups is 1. The predicted octanol–water partition coefficient (Wildman–Crippen LogP) is -2.76. The number of carbonyl (C=O) groups is 5. The van der Waals surface area contributed by atoms with Crippen LogP contribution in [0.4, 0.5) is 0 Å². The molecule has 12 N–H and O–H groups in total. The van der Waals surface area contributed by atoms with Crippen LogP contribution in [0.25, 0.3) is 0 Å². The van der Waals surface area contributed by atoms with Gasteiger partial charge in [-0.25, -0.2) is 4.79 Å². The molecule has 0 bridgehead atoms. The van der Waals surface area contributed by atoms with Gasteiger partial charge in [-0.05, 0) is 38.5 Å². The molecule has 34 heavy (non-hydrogen) atoms. The summed E-state index contributed by atoms with van der Waals surface area (Å²) in [5.74, 6) is -4.10. The second kappa shape index (κ2) is 15.4. The van der Waals surface area contributed by atoms with E-state index in [0.717, 1.165) is 0 Å². The number of carboxylic acid groups (broad SMARTS) is 1. The largest absolute Gasteiger partial charge is 0.480 e. The Balaban J connectivity index is 5.06. The summed E-state index contributed by atoms with van der Waals surface area (Å²) < 4.78 is 0. The minimum Gasteiger partial charge on any atom is -0.480 e. The highest BCUT2D eigenvalue weighted by atomic mass is 16.4. The summed E-state index contributed by atoms with van der Waals surface area (Å²) in [4.78, 5) is 63.9. The van der Waals surface area contributed by atoms with Crippen molar-refractivity contribution in [2.75, 3.05) is 6.54 Å². The van der Waals surface area contributed by atoms with Crippen LogP contribution in [0.3, 0.4) is 0 Å². The molecule has 0 saturated heterocycles. The molecule has 0 radical (unpaired) electrons. The zero-order chi connectivity index (χ0) is 26.4. The maximum Gasteiger partial charge on any atom is 0.326 e. The van der Waals surface area contributed by atoms with E-state index in [0.29, 0.717) is 13.0 Å². The number of hydrogen-bond acceptors (Lipinski definition) is 7. The molecule has 0 heterocycles. The Morgan fingerprint density at radius 1 is 0.853 bits per heavy atom. The summed E-state index contributed by atoms with van der Waals surface area (Å²) in [6.45, 7) is 5.28. The average molecular weight is 487 g/mol. The zero-order valence-electron chi connectivity index (χ0n) is 19.9. The Kier molecular flexibility index (Phi) is 13.9. The number of primary amides is 1. The van der Waals surface area contributed by atoms with Crippen molar-refractivity contribution in [2.24, 2.45) is 33.8 Å². The molecule has 0 aliphatic rings. The van der Waals surface area contributed by atoms with Crippen molar-refractivity contribution in [3.63, 3.8) is 0 Å². The lowest BCUT2D eigenvalue weighted by molar-refractivity contribution is -0.143. The molecule has 14 nitrogen and oxygen atoms in total. The third kappa shape index (κ3) is 13.2. The van der Waals surface area contributed by atoms with Crippen LogP contribution in [0.5, 0.6) is 0 Å². The monoisotopic (exact) mass is 486 g/mol. The number of rotatable bonds is 16. The molecule has 0 aromatic rings. The summed E-state index contributed by atoms with van der Waals surface area (Å²) in [5, 5.41) is 16.6. The Hall–Kier alpha value is -3.42. The summed E-state index contributed by atoms with van der Waals surface area (Å²) in [7, 11) is 0. The highest BCUT2D eigenvalue weighted by Crippen LogP contribution is 2.07. The van der Waals surface area contributed by atoms with Gasteiger partial charge in [0.2, 0.25) is 23.6 Å². The highest BCUT2D eigenvalue weighted by molar-refractivity contribution is 5.94. The molecule has 0 aliphatic heterocycles. The quantitative estimate of drug-likeness (QED) is 0.0637. The van der Waals surface area contributed by atoms with E-state index in [1.54, 1.807) is 13.8 Å². The van der Waals surface area contributed by atoms with Gasteiger partial charge in [0, 0.05) is 13.0 Å². The third-order valence-corrected chi connectivity index (χ3v) is 4.69. The first kappa shape index (κ1) is 30.6. The number of amides is 4. The Morgan fingerprint density at radius 2 is 1.44 bits per heavy atom. The van der Waals surface area contributed by atoms with Crippen LogP contribution in [0, 0.1) is 5.92 Å². The van der Waals surface area contributed by atoms with Crippen molar-refractivity contribution in [2.45, 2.75) is 77.0 Å². The van der Waals surface area contributed by atoms with E-state index in [4.69, 9.17) is 22.9 Å². The molecule has 14 heteroatoms. The van der Waals surface area contributed by atoms with Crippen LogP contribution in [0.15, 0.2) is 4.99 Å². The number of aliphatic imine (C=N–C) groups is 1. The second-order valence-electron chi connectivity index (χ2n) is 8.38. The standard InChI is InChI=1S/C20H38N8O6/c1-10(2)9-14(19(33)34)28-18(32)13(6-7-15(22)29)27-16(30)11(3)26-17(31)12(21)5-4-8-25-20(23)24/h10-14H,4-9,21H2,1-3H3,(H2,22,29)(H,26,31)(H,27,30)(H,28,32)(H,33,34)(H4,23,24,25). The maximum atomic E-state index is 12.7. The van der Waals surface area contributed by atoms with E-state index in [9.17, 15) is 29.1 Å². The fraction of sp³-hybridized carbons (Fsp3) is 0.700. The molecule has 0 spiro atoms. The van der Waals surface area contributed by atoms with Crippen LogP contribution in [0.2, 0.25) is 0 Å². The van der Waals surface area contributed by atoms with Gasteiger partial charge in [-0.1, -0.05) is 13.8 Å². The van der Waals surface area contributed by atoms with Gasteiger partial charge in [0.1, 0.15) is 18.1 Å². The van der Waals surface area contributed by atoms with Gasteiger partial charge in [-0.15, -0.1) is 0 Å². The van der Waals surface area contributed by atoms with Crippen molar-refractivity contribution in [1.29, 1.82) is 0 Å². The molecule has 0 aliphatic carbocycles. The molecule has 4 atom stereocenters. The molecule has 0 saturated carbocycles. The minimum absolute atomic E-state index is 0.0148. The lowest BCUT2D eigenvalue weighted by atomic mass is 10.0. The van der Waals surface area contributed by atoms with Crippen LogP contribution in [-0.2, 0) is 24.0 Å². The van der Waals surface area contributed by atoms with Crippen LogP contribution < -0.4 is 38.9 Å². The van der Waals surface area contributed by atoms with Gasteiger partial charge in [0.05, 0.1) is 6.04 Å². The van der Waals surface area contributed by atoms with Crippen molar-refractivity contribution in [3.05, 3.63) is 0 Å².